The molecule has 0 heterocycles. The fourth-order valence-corrected chi connectivity index (χ4v) is 3.06. The van der Waals surface area contributed by atoms with E-state index in [1.54, 1.807) is 26.0 Å². The number of urea groups is 1. The summed E-state index contributed by atoms with van der Waals surface area (Å²) in [5.41, 5.74) is 2.65. The number of nitrogens with zero attached hydrogens (tertiary/aromatic N) is 1. The number of hydrogen-bond acceptors (Lipinski definition) is 3. The molecule has 0 saturated heterocycles. The Labute approximate surface area is 138 Å². The highest BCUT2D eigenvalue weighted by atomic mass is 16.5. The summed E-state index contributed by atoms with van der Waals surface area (Å²) in [6.07, 6.45) is 3.52. The van der Waals surface area contributed by atoms with Crippen molar-refractivity contribution >= 4 is 6.03 Å². The summed E-state index contributed by atoms with van der Waals surface area (Å²) in [5, 5.41) is 12.3. The van der Waals surface area contributed by atoms with E-state index in [4.69, 9.17) is 4.74 Å². The van der Waals surface area contributed by atoms with Crippen LogP contribution in [-0.4, -0.2) is 49.4 Å². The Bertz CT molecular complexity index is 531. The van der Waals surface area contributed by atoms with Crippen LogP contribution < -0.4 is 10.1 Å². The maximum atomic E-state index is 12.1. The Morgan fingerprint density at radius 1 is 1.52 bits per heavy atom. The molecule has 5 nitrogen and oxygen atoms in total. The molecular formula is C18H28N2O3. The van der Waals surface area contributed by atoms with Crippen LogP contribution in [0.5, 0.6) is 5.75 Å². The predicted molar refractivity (Wildman–Crippen MR) is 91.0 cm³/mol. The van der Waals surface area contributed by atoms with E-state index in [0.29, 0.717) is 25.4 Å². The zero-order chi connectivity index (χ0) is 16.8. The van der Waals surface area contributed by atoms with Crippen molar-refractivity contribution in [2.45, 2.75) is 44.6 Å². The predicted octanol–water partition coefficient (Wildman–Crippen LogP) is 2.53. The molecule has 2 N–H and O–H groups in total. The highest BCUT2D eigenvalue weighted by molar-refractivity contribution is 5.73. The SMILES string of the molecule is COc1ccc2c(c1)CCC[C@H]2CNC(=O)N(C)CC[C@@H](C)O. The number of carbonyl (C=O) groups excluding carboxylic acids is 1. The number of aryl methyl sites for hydroxylation is 1. The lowest BCUT2D eigenvalue weighted by molar-refractivity contribution is 0.163. The number of aliphatic hydroxyl groups is 1. The molecule has 1 aromatic carbocycles. The molecule has 0 bridgehead atoms. The first-order chi connectivity index (χ1) is 11.0. The second-order valence-electron chi connectivity index (χ2n) is 6.40. The van der Waals surface area contributed by atoms with Gasteiger partial charge in [-0.05, 0) is 55.9 Å². The second kappa shape index (κ2) is 8.20. The first kappa shape index (κ1) is 17.6. The molecule has 0 saturated carbocycles. The molecule has 0 aliphatic heterocycles. The molecule has 0 aromatic heterocycles. The van der Waals surface area contributed by atoms with Gasteiger partial charge in [-0.1, -0.05) is 6.07 Å². The minimum Gasteiger partial charge on any atom is -0.497 e. The average Bonchev–Trinajstić information content (AvgIpc) is 2.56. The summed E-state index contributed by atoms with van der Waals surface area (Å²) in [6.45, 7) is 2.94. The minimum atomic E-state index is -0.384. The summed E-state index contributed by atoms with van der Waals surface area (Å²) in [5.74, 6) is 1.25. The van der Waals surface area contributed by atoms with Crippen LogP contribution >= 0.6 is 0 Å². The van der Waals surface area contributed by atoms with Gasteiger partial charge in [-0.15, -0.1) is 0 Å². The Balaban J connectivity index is 1.91. The van der Waals surface area contributed by atoms with Crippen LogP contribution in [0.25, 0.3) is 0 Å². The van der Waals surface area contributed by atoms with Crippen molar-refractivity contribution in [3.05, 3.63) is 29.3 Å². The zero-order valence-corrected chi connectivity index (χ0v) is 14.3. The van der Waals surface area contributed by atoms with E-state index in [-0.39, 0.29) is 12.1 Å². The number of methoxy groups -OCH3 is 1. The average molecular weight is 320 g/mol. The van der Waals surface area contributed by atoms with Crippen molar-refractivity contribution in [1.29, 1.82) is 0 Å². The van der Waals surface area contributed by atoms with E-state index in [0.717, 1.165) is 25.0 Å². The number of amides is 2. The second-order valence-corrected chi connectivity index (χ2v) is 6.40. The summed E-state index contributed by atoms with van der Waals surface area (Å²) >= 11 is 0. The van der Waals surface area contributed by atoms with Gasteiger partial charge in [-0.2, -0.15) is 0 Å². The number of aliphatic hydroxyl groups excluding tert-OH is 1. The van der Waals surface area contributed by atoms with Crippen LogP contribution in [0.4, 0.5) is 4.79 Å². The molecule has 1 aliphatic carbocycles. The molecule has 1 aromatic rings. The summed E-state index contributed by atoms with van der Waals surface area (Å²) in [4.78, 5) is 13.8. The smallest absolute Gasteiger partial charge is 0.317 e. The van der Waals surface area contributed by atoms with Crippen LogP contribution in [0.2, 0.25) is 0 Å². The van der Waals surface area contributed by atoms with Crippen molar-refractivity contribution in [3.63, 3.8) is 0 Å². The van der Waals surface area contributed by atoms with Gasteiger partial charge in [0.15, 0.2) is 0 Å². The third-order valence-electron chi connectivity index (χ3n) is 4.52. The lowest BCUT2D eigenvalue weighted by Gasteiger charge is -2.27. The molecule has 0 unspecified atom stereocenters. The highest BCUT2D eigenvalue weighted by Crippen LogP contribution is 2.33. The van der Waals surface area contributed by atoms with Crippen molar-refractivity contribution < 1.29 is 14.6 Å². The van der Waals surface area contributed by atoms with Gasteiger partial charge in [0.2, 0.25) is 0 Å². The molecule has 2 rings (SSSR count). The zero-order valence-electron chi connectivity index (χ0n) is 14.3. The van der Waals surface area contributed by atoms with Gasteiger partial charge in [0.05, 0.1) is 13.2 Å². The molecule has 2 amide bonds. The third-order valence-corrected chi connectivity index (χ3v) is 4.52. The maximum Gasteiger partial charge on any atom is 0.317 e. The number of rotatable bonds is 6. The van der Waals surface area contributed by atoms with Gasteiger partial charge < -0.3 is 20.1 Å². The fraction of sp³-hybridized carbons (Fsp3) is 0.611. The van der Waals surface area contributed by atoms with Crippen LogP contribution in [0.3, 0.4) is 0 Å². The standard InChI is InChI=1S/C18H28N2O3/c1-13(21)9-10-20(2)18(22)19-12-15-6-4-5-14-11-16(23-3)7-8-17(14)15/h7-8,11,13,15,21H,4-6,9-10,12H2,1-3H3,(H,19,22)/t13-,15+/m1/s1. The summed E-state index contributed by atoms with van der Waals surface area (Å²) in [6, 6.07) is 6.15. The van der Waals surface area contributed by atoms with E-state index in [1.807, 2.05) is 6.07 Å². The quantitative estimate of drug-likeness (QED) is 0.847. The Kier molecular flexibility index (Phi) is 6.28. The van der Waals surface area contributed by atoms with E-state index >= 15 is 0 Å². The molecule has 2 atom stereocenters. The third kappa shape index (κ3) is 4.86. The van der Waals surface area contributed by atoms with Gasteiger partial charge in [0.25, 0.3) is 0 Å². The summed E-state index contributed by atoms with van der Waals surface area (Å²) in [7, 11) is 3.45. The fourth-order valence-electron chi connectivity index (χ4n) is 3.06. The molecule has 5 heteroatoms. The van der Waals surface area contributed by atoms with Gasteiger partial charge >= 0.3 is 6.03 Å². The van der Waals surface area contributed by atoms with Gasteiger partial charge in [0.1, 0.15) is 5.75 Å². The number of carbonyl (C=O) groups is 1. The molecule has 23 heavy (non-hydrogen) atoms. The largest absolute Gasteiger partial charge is 0.497 e. The van der Waals surface area contributed by atoms with E-state index in [9.17, 15) is 9.90 Å². The first-order valence-corrected chi connectivity index (χ1v) is 8.35. The minimum absolute atomic E-state index is 0.0775. The molecular weight excluding hydrogens is 292 g/mol. The number of nitrogens with one attached hydrogen (secondary N) is 1. The van der Waals surface area contributed by atoms with Crippen molar-refractivity contribution in [3.8, 4) is 5.75 Å². The van der Waals surface area contributed by atoms with Crippen molar-refractivity contribution in [2.24, 2.45) is 0 Å². The monoisotopic (exact) mass is 320 g/mol. The van der Waals surface area contributed by atoms with Gasteiger partial charge in [-0.25, -0.2) is 4.79 Å². The number of benzene rings is 1. The maximum absolute atomic E-state index is 12.1. The Hall–Kier alpha value is -1.75. The molecule has 1 aliphatic rings. The first-order valence-electron chi connectivity index (χ1n) is 8.35. The highest BCUT2D eigenvalue weighted by Gasteiger charge is 2.21. The Morgan fingerprint density at radius 2 is 2.30 bits per heavy atom. The molecule has 0 radical (unpaired) electrons. The van der Waals surface area contributed by atoms with Crippen LogP contribution in [0.15, 0.2) is 18.2 Å². The number of hydrogen-bond donors (Lipinski definition) is 2. The van der Waals surface area contributed by atoms with Crippen molar-refractivity contribution in [1.82, 2.24) is 10.2 Å². The lowest BCUT2D eigenvalue weighted by Crippen LogP contribution is -2.40. The van der Waals surface area contributed by atoms with E-state index in [2.05, 4.69) is 17.4 Å². The van der Waals surface area contributed by atoms with Gasteiger partial charge in [-0.3, -0.25) is 0 Å². The van der Waals surface area contributed by atoms with Crippen LogP contribution in [0.1, 0.15) is 43.2 Å². The molecule has 0 spiro atoms. The van der Waals surface area contributed by atoms with Crippen molar-refractivity contribution in [2.75, 3.05) is 27.2 Å². The Morgan fingerprint density at radius 3 is 3.00 bits per heavy atom. The van der Waals surface area contributed by atoms with E-state index in [1.165, 1.54) is 11.1 Å². The number of fused-ring (bicyclic) bond motifs is 1. The van der Waals surface area contributed by atoms with Gasteiger partial charge in [0, 0.05) is 26.1 Å². The summed E-state index contributed by atoms with van der Waals surface area (Å²) < 4.78 is 5.29. The molecule has 0 fully saturated rings. The van der Waals surface area contributed by atoms with Crippen LogP contribution in [-0.2, 0) is 6.42 Å². The van der Waals surface area contributed by atoms with Crippen LogP contribution in [0, 0.1) is 0 Å². The number of ether oxygens (including phenoxy) is 1. The lowest BCUT2D eigenvalue weighted by atomic mass is 9.82. The normalized spacial score (nSPS) is 18.0. The molecule has 128 valence electrons. The van der Waals surface area contributed by atoms with E-state index < -0.39 is 0 Å². The topological polar surface area (TPSA) is 61.8 Å².